The Labute approximate surface area is 113 Å². The number of aromatic amines is 1. The summed E-state index contributed by atoms with van der Waals surface area (Å²) in [6.07, 6.45) is 0.0503. The molecule has 1 aromatic heterocycles. The number of carboxylic acids is 2. The van der Waals surface area contributed by atoms with E-state index in [1.807, 2.05) is 6.92 Å². The van der Waals surface area contributed by atoms with E-state index in [0.717, 1.165) is 10.9 Å². The predicted molar refractivity (Wildman–Crippen MR) is 71.0 cm³/mol. The maximum absolute atomic E-state index is 11.2. The Balaban J connectivity index is 2.65. The molecule has 0 aliphatic rings. The van der Waals surface area contributed by atoms with Gasteiger partial charge in [0.2, 0.25) is 0 Å². The molecule has 5 nitrogen and oxygen atoms in total. The third-order valence-corrected chi connectivity index (χ3v) is 3.18. The fraction of sp³-hybridized carbons (Fsp3) is 0.231. The van der Waals surface area contributed by atoms with Gasteiger partial charge < -0.3 is 15.2 Å². The Bertz CT molecular complexity index is 675. The van der Waals surface area contributed by atoms with Gasteiger partial charge in [0.15, 0.2) is 0 Å². The van der Waals surface area contributed by atoms with Crippen LogP contribution in [0.2, 0.25) is 5.02 Å². The van der Waals surface area contributed by atoms with Gasteiger partial charge in [0.05, 0.1) is 0 Å². The Morgan fingerprint density at radius 3 is 2.58 bits per heavy atom. The number of hydrogen-bond acceptors (Lipinski definition) is 2. The van der Waals surface area contributed by atoms with Gasteiger partial charge in [-0.15, -0.1) is 0 Å². The number of H-pyrrole nitrogens is 1. The third-order valence-electron chi connectivity index (χ3n) is 2.97. The minimum Gasteiger partial charge on any atom is -0.481 e. The molecule has 19 heavy (non-hydrogen) atoms. The summed E-state index contributed by atoms with van der Waals surface area (Å²) in [5.41, 5.74) is 1.98. The summed E-state index contributed by atoms with van der Waals surface area (Å²) in [5, 5.41) is 19.2. The van der Waals surface area contributed by atoms with Crippen molar-refractivity contribution in [2.75, 3.05) is 0 Å². The Hall–Kier alpha value is -2.01. The summed E-state index contributed by atoms with van der Waals surface area (Å²) in [5.74, 6) is -2.07. The van der Waals surface area contributed by atoms with E-state index in [1.165, 1.54) is 0 Å². The van der Waals surface area contributed by atoms with Crippen molar-refractivity contribution in [1.29, 1.82) is 0 Å². The van der Waals surface area contributed by atoms with Gasteiger partial charge >= 0.3 is 11.9 Å². The molecule has 100 valence electrons. The normalized spacial score (nSPS) is 10.8. The minimum absolute atomic E-state index is 0.0293. The monoisotopic (exact) mass is 281 g/mol. The average molecular weight is 282 g/mol. The van der Waals surface area contributed by atoms with E-state index in [9.17, 15) is 14.7 Å². The first kappa shape index (κ1) is 13.4. The molecule has 0 unspecified atom stereocenters. The topological polar surface area (TPSA) is 90.4 Å². The number of halogens is 1. The van der Waals surface area contributed by atoms with Crippen LogP contribution in [0.5, 0.6) is 0 Å². The molecule has 0 radical (unpaired) electrons. The van der Waals surface area contributed by atoms with E-state index >= 15 is 0 Å². The van der Waals surface area contributed by atoms with Gasteiger partial charge in [0, 0.05) is 22.3 Å². The van der Waals surface area contributed by atoms with E-state index in [1.54, 1.807) is 12.1 Å². The van der Waals surface area contributed by atoms with Crippen LogP contribution in [0.25, 0.3) is 10.9 Å². The number of aryl methyl sites for hydroxylation is 2. The SMILES string of the molecule is Cc1cc(Cl)cc2[nH]c(C(=O)O)c(CCC(=O)O)c12. The van der Waals surface area contributed by atoms with Gasteiger partial charge in [-0.25, -0.2) is 4.79 Å². The highest BCUT2D eigenvalue weighted by atomic mass is 35.5. The molecule has 1 aromatic carbocycles. The molecule has 0 bridgehead atoms. The number of benzene rings is 1. The Morgan fingerprint density at radius 1 is 1.32 bits per heavy atom. The molecule has 0 aliphatic carbocycles. The van der Waals surface area contributed by atoms with Crippen molar-refractivity contribution in [2.45, 2.75) is 19.8 Å². The van der Waals surface area contributed by atoms with E-state index in [-0.39, 0.29) is 18.5 Å². The summed E-state index contributed by atoms with van der Waals surface area (Å²) < 4.78 is 0. The van der Waals surface area contributed by atoms with Crippen molar-refractivity contribution >= 4 is 34.4 Å². The zero-order valence-corrected chi connectivity index (χ0v) is 10.9. The van der Waals surface area contributed by atoms with Crippen molar-refractivity contribution in [2.24, 2.45) is 0 Å². The van der Waals surface area contributed by atoms with E-state index < -0.39 is 11.9 Å². The molecule has 0 amide bonds. The van der Waals surface area contributed by atoms with Crippen LogP contribution in [-0.2, 0) is 11.2 Å². The maximum Gasteiger partial charge on any atom is 0.352 e. The summed E-state index contributed by atoms with van der Waals surface area (Å²) in [6, 6.07) is 3.37. The number of aliphatic carboxylic acids is 1. The van der Waals surface area contributed by atoms with Crippen molar-refractivity contribution in [1.82, 2.24) is 4.98 Å². The van der Waals surface area contributed by atoms with Crippen molar-refractivity contribution < 1.29 is 19.8 Å². The lowest BCUT2D eigenvalue weighted by Gasteiger charge is -2.02. The van der Waals surface area contributed by atoms with Gasteiger partial charge in [0.25, 0.3) is 0 Å². The van der Waals surface area contributed by atoms with Crippen LogP contribution < -0.4 is 0 Å². The fourth-order valence-corrected chi connectivity index (χ4v) is 2.51. The summed E-state index contributed by atoms with van der Waals surface area (Å²) in [4.78, 5) is 24.7. The van der Waals surface area contributed by atoms with E-state index in [4.69, 9.17) is 16.7 Å². The summed E-state index contributed by atoms with van der Waals surface area (Å²) in [7, 11) is 0. The van der Waals surface area contributed by atoms with Crippen LogP contribution in [0.1, 0.15) is 28.0 Å². The van der Waals surface area contributed by atoms with Gasteiger partial charge in [-0.1, -0.05) is 11.6 Å². The molecule has 1 heterocycles. The van der Waals surface area contributed by atoms with E-state index in [0.29, 0.717) is 16.1 Å². The quantitative estimate of drug-likeness (QED) is 0.804. The fourth-order valence-electron chi connectivity index (χ4n) is 2.24. The van der Waals surface area contributed by atoms with Crippen LogP contribution >= 0.6 is 11.6 Å². The van der Waals surface area contributed by atoms with Crippen molar-refractivity contribution in [3.05, 3.63) is 34.0 Å². The van der Waals surface area contributed by atoms with Gasteiger partial charge in [-0.2, -0.15) is 0 Å². The van der Waals surface area contributed by atoms with Crippen LogP contribution in [0.15, 0.2) is 12.1 Å². The number of rotatable bonds is 4. The number of aromatic nitrogens is 1. The first-order valence-corrected chi connectivity index (χ1v) is 6.03. The first-order chi connectivity index (χ1) is 8.90. The van der Waals surface area contributed by atoms with Gasteiger partial charge in [0.1, 0.15) is 5.69 Å². The largest absolute Gasteiger partial charge is 0.481 e. The number of fused-ring (bicyclic) bond motifs is 1. The minimum atomic E-state index is -1.10. The Kier molecular flexibility index (Phi) is 3.48. The zero-order chi connectivity index (χ0) is 14.2. The standard InChI is InChI=1S/C13H12ClNO4/c1-6-4-7(14)5-9-11(6)8(2-3-10(16)17)12(15-9)13(18)19/h4-5,15H,2-3H2,1H3,(H,16,17)(H,18,19). The van der Waals surface area contributed by atoms with Crippen molar-refractivity contribution in [3.8, 4) is 0 Å². The van der Waals surface area contributed by atoms with Crippen LogP contribution in [0.3, 0.4) is 0 Å². The van der Waals surface area contributed by atoms with Crippen molar-refractivity contribution in [3.63, 3.8) is 0 Å². The molecule has 0 aliphatic heterocycles. The van der Waals surface area contributed by atoms with E-state index in [2.05, 4.69) is 4.98 Å². The summed E-state index contributed by atoms with van der Waals surface area (Å²) in [6.45, 7) is 1.82. The number of nitrogens with one attached hydrogen (secondary N) is 1. The summed E-state index contributed by atoms with van der Waals surface area (Å²) >= 11 is 5.93. The highest BCUT2D eigenvalue weighted by Gasteiger charge is 2.19. The lowest BCUT2D eigenvalue weighted by atomic mass is 10.0. The maximum atomic E-state index is 11.2. The molecule has 6 heteroatoms. The highest BCUT2D eigenvalue weighted by molar-refractivity contribution is 6.31. The lowest BCUT2D eigenvalue weighted by molar-refractivity contribution is -0.136. The second-order valence-corrected chi connectivity index (χ2v) is 4.76. The average Bonchev–Trinajstić information content (AvgIpc) is 2.64. The molecule has 0 fully saturated rings. The zero-order valence-electron chi connectivity index (χ0n) is 10.2. The lowest BCUT2D eigenvalue weighted by Crippen LogP contribution is -2.04. The molecule has 0 spiro atoms. The second-order valence-electron chi connectivity index (χ2n) is 4.32. The number of aromatic carboxylic acids is 1. The van der Waals surface area contributed by atoms with Gasteiger partial charge in [-0.3, -0.25) is 4.79 Å². The number of hydrogen-bond donors (Lipinski definition) is 3. The van der Waals surface area contributed by atoms with Crippen LogP contribution in [0, 0.1) is 6.92 Å². The molecule has 0 atom stereocenters. The number of carboxylic acid groups (broad SMARTS) is 2. The molecular weight excluding hydrogens is 270 g/mol. The molecule has 3 N–H and O–H groups in total. The second kappa shape index (κ2) is 4.93. The molecule has 0 saturated heterocycles. The number of carbonyl (C=O) groups is 2. The Morgan fingerprint density at radius 2 is 2.00 bits per heavy atom. The van der Waals surface area contributed by atoms with Crippen LogP contribution in [-0.4, -0.2) is 27.1 Å². The van der Waals surface area contributed by atoms with Crippen LogP contribution in [0.4, 0.5) is 0 Å². The highest BCUT2D eigenvalue weighted by Crippen LogP contribution is 2.29. The third kappa shape index (κ3) is 2.56. The molecule has 0 saturated carbocycles. The molecular formula is C13H12ClNO4. The first-order valence-electron chi connectivity index (χ1n) is 5.66. The molecule has 2 aromatic rings. The smallest absolute Gasteiger partial charge is 0.352 e. The van der Waals surface area contributed by atoms with Gasteiger partial charge in [-0.05, 0) is 36.6 Å². The molecule has 2 rings (SSSR count). The predicted octanol–water partition coefficient (Wildman–Crippen LogP) is 2.85.